The van der Waals surface area contributed by atoms with Crippen molar-refractivity contribution in [2.75, 3.05) is 47.1 Å². The van der Waals surface area contributed by atoms with Crippen molar-refractivity contribution >= 4 is 29.9 Å². The van der Waals surface area contributed by atoms with E-state index in [2.05, 4.69) is 37.5 Å². The molecule has 0 aliphatic heterocycles. The van der Waals surface area contributed by atoms with Gasteiger partial charge in [-0.2, -0.15) is 0 Å². The Balaban J connectivity index is 0.00000729. The lowest BCUT2D eigenvalue weighted by molar-refractivity contribution is 0.143. The number of benzene rings is 1. The minimum Gasteiger partial charge on any atom is -0.493 e. The molecular weight excluding hydrogens is 469 g/mol. The number of nitrogens with one attached hydrogen (secondary N) is 2. The van der Waals surface area contributed by atoms with Crippen LogP contribution in [0.25, 0.3) is 0 Å². The summed E-state index contributed by atoms with van der Waals surface area (Å²) < 4.78 is 16.1. The average Bonchev–Trinajstić information content (AvgIpc) is 2.68. The Morgan fingerprint density at radius 1 is 1.04 bits per heavy atom. The molecule has 0 spiro atoms. The molecule has 0 amide bonds. The third-order valence-electron chi connectivity index (χ3n) is 4.35. The van der Waals surface area contributed by atoms with Crippen LogP contribution in [-0.4, -0.2) is 53.0 Å². The molecule has 1 aromatic carbocycles. The Kier molecular flexibility index (Phi) is 14.1. The molecule has 0 fully saturated rings. The van der Waals surface area contributed by atoms with Crippen LogP contribution in [-0.2, 0) is 10.2 Å². The third kappa shape index (κ3) is 9.32. The molecule has 0 aliphatic carbocycles. The summed E-state index contributed by atoms with van der Waals surface area (Å²) in [7, 11) is 3.31. The average molecular weight is 507 g/mol. The van der Waals surface area contributed by atoms with Gasteiger partial charge in [-0.15, -0.1) is 24.0 Å². The van der Waals surface area contributed by atoms with Gasteiger partial charge >= 0.3 is 0 Å². The monoisotopic (exact) mass is 507 g/mol. The second-order valence-corrected chi connectivity index (χ2v) is 6.98. The molecule has 0 atom stereocenters. The van der Waals surface area contributed by atoms with Crippen molar-refractivity contribution in [2.45, 2.75) is 46.0 Å². The van der Waals surface area contributed by atoms with Gasteiger partial charge < -0.3 is 24.8 Å². The summed E-state index contributed by atoms with van der Waals surface area (Å²) in [5, 5.41) is 6.71. The SMILES string of the molecule is CCNC(=NCC(C)(C)c1ccc(OC)c(OC)c1)NCCCCOCC.I. The normalized spacial score (nSPS) is 11.6. The maximum absolute atomic E-state index is 5.43. The third-order valence-corrected chi connectivity index (χ3v) is 4.35. The van der Waals surface area contributed by atoms with Gasteiger partial charge in [0.2, 0.25) is 0 Å². The van der Waals surface area contributed by atoms with E-state index in [1.54, 1.807) is 14.2 Å². The molecule has 162 valence electrons. The summed E-state index contributed by atoms with van der Waals surface area (Å²) in [6, 6.07) is 6.05. The van der Waals surface area contributed by atoms with Gasteiger partial charge in [0.05, 0.1) is 20.8 Å². The molecule has 28 heavy (non-hydrogen) atoms. The quantitative estimate of drug-likeness (QED) is 0.194. The summed E-state index contributed by atoms with van der Waals surface area (Å²) in [6.07, 6.45) is 2.11. The zero-order valence-corrected chi connectivity index (χ0v) is 20.6. The predicted octanol–water partition coefficient (Wildman–Crippen LogP) is 3.97. The largest absolute Gasteiger partial charge is 0.493 e. The highest BCUT2D eigenvalue weighted by molar-refractivity contribution is 14.0. The van der Waals surface area contributed by atoms with Crippen LogP contribution < -0.4 is 20.1 Å². The van der Waals surface area contributed by atoms with E-state index in [-0.39, 0.29) is 29.4 Å². The number of ether oxygens (including phenoxy) is 3. The van der Waals surface area contributed by atoms with Crippen molar-refractivity contribution < 1.29 is 14.2 Å². The fourth-order valence-corrected chi connectivity index (χ4v) is 2.65. The topological polar surface area (TPSA) is 64.1 Å². The van der Waals surface area contributed by atoms with E-state index in [0.29, 0.717) is 6.54 Å². The fourth-order valence-electron chi connectivity index (χ4n) is 2.65. The summed E-state index contributed by atoms with van der Waals surface area (Å²) in [5.41, 5.74) is 1.04. The fraction of sp³-hybridized carbons (Fsp3) is 0.667. The second kappa shape index (κ2) is 14.7. The molecular formula is C21H38IN3O3. The Hall–Kier alpha value is -1.22. The van der Waals surface area contributed by atoms with Crippen LogP contribution in [0.5, 0.6) is 11.5 Å². The van der Waals surface area contributed by atoms with Gasteiger partial charge in [-0.1, -0.05) is 19.9 Å². The van der Waals surface area contributed by atoms with Gasteiger partial charge in [-0.3, -0.25) is 4.99 Å². The maximum Gasteiger partial charge on any atom is 0.191 e. The number of hydrogen-bond donors (Lipinski definition) is 2. The molecule has 0 bridgehead atoms. The van der Waals surface area contributed by atoms with Gasteiger partial charge in [-0.25, -0.2) is 0 Å². The number of methoxy groups -OCH3 is 2. The van der Waals surface area contributed by atoms with Crippen LogP contribution in [0.1, 0.15) is 46.1 Å². The highest BCUT2D eigenvalue weighted by Crippen LogP contribution is 2.33. The van der Waals surface area contributed by atoms with E-state index >= 15 is 0 Å². The number of hydrogen-bond acceptors (Lipinski definition) is 4. The first kappa shape index (κ1) is 26.8. The van der Waals surface area contributed by atoms with Crippen molar-refractivity contribution in [3.63, 3.8) is 0 Å². The van der Waals surface area contributed by atoms with E-state index in [0.717, 1.165) is 62.2 Å². The zero-order valence-electron chi connectivity index (χ0n) is 18.3. The van der Waals surface area contributed by atoms with Crippen LogP contribution in [0.3, 0.4) is 0 Å². The molecule has 0 unspecified atom stereocenters. The summed E-state index contributed by atoms with van der Waals surface area (Å²) in [6.45, 7) is 12.4. The zero-order chi connectivity index (χ0) is 20.1. The molecule has 0 saturated carbocycles. The summed E-state index contributed by atoms with van der Waals surface area (Å²) >= 11 is 0. The molecule has 0 radical (unpaired) electrons. The van der Waals surface area contributed by atoms with Crippen LogP contribution in [0.2, 0.25) is 0 Å². The second-order valence-electron chi connectivity index (χ2n) is 6.98. The van der Waals surface area contributed by atoms with Gasteiger partial charge in [-0.05, 0) is 44.4 Å². The molecule has 0 aliphatic rings. The van der Waals surface area contributed by atoms with E-state index < -0.39 is 0 Å². The van der Waals surface area contributed by atoms with E-state index in [9.17, 15) is 0 Å². The molecule has 0 saturated heterocycles. The first-order valence-corrected chi connectivity index (χ1v) is 9.80. The van der Waals surface area contributed by atoms with Crippen molar-refractivity contribution in [2.24, 2.45) is 4.99 Å². The first-order valence-electron chi connectivity index (χ1n) is 9.80. The highest BCUT2D eigenvalue weighted by atomic mass is 127. The smallest absolute Gasteiger partial charge is 0.191 e. The minimum atomic E-state index is -0.128. The lowest BCUT2D eigenvalue weighted by Gasteiger charge is -2.25. The Morgan fingerprint density at radius 2 is 1.75 bits per heavy atom. The van der Waals surface area contributed by atoms with Crippen LogP contribution >= 0.6 is 24.0 Å². The number of guanidine groups is 1. The molecule has 1 rings (SSSR count). The lowest BCUT2D eigenvalue weighted by Crippen LogP contribution is -2.39. The molecule has 6 nitrogen and oxygen atoms in total. The van der Waals surface area contributed by atoms with Gasteiger partial charge in [0, 0.05) is 31.7 Å². The van der Waals surface area contributed by atoms with Gasteiger partial charge in [0.25, 0.3) is 0 Å². The summed E-state index contributed by atoms with van der Waals surface area (Å²) in [5.74, 6) is 2.33. The number of aliphatic imine (C=N–C) groups is 1. The van der Waals surface area contributed by atoms with Crippen LogP contribution in [0.15, 0.2) is 23.2 Å². The molecule has 7 heteroatoms. The number of rotatable bonds is 12. The predicted molar refractivity (Wildman–Crippen MR) is 128 cm³/mol. The van der Waals surface area contributed by atoms with Crippen LogP contribution in [0, 0.1) is 0 Å². The van der Waals surface area contributed by atoms with Crippen molar-refractivity contribution in [3.8, 4) is 11.5 Å². The van der Waals surface area contributed by atoms with Gasteiger partial charge in [0.1, 0.15) is 0 Å². The molecule has 0 heterocycles. The molecule has 2 N–H and O–H groups in total. The van der Waals surface area contributed by atoms with Crippen molar-refractivity contribution in [1.29, 1.82) is 0 Å². The minimum absolute atomic E-state index is 0. The number of unbranched alkanes of at least 4 members (excludes halogenated alkanes) is 1. The Morgan fingerprint density at radius 3 is 2.36 bits per heavy atom. The van der Waals surface area contributed by atoms with E-state index in [1.807, 2.05) is 19.1 Å². The maximum atomic E-state index is 5.43. The number of nitrogens with zero attached hydrogens (tertiary/aromatic N) is 1. The Labute approximate surface area is 187 Å². The van der Waals surface area contributed by atoms with E-state index in [4.69, 9.17) is 19.2 Å². The lowest BCUT2D eigenvalue weighted by atomic mass is 9.84. The summed E-state index contributed by atoms with van der Waals surface area (Å²) in [4.78, 5) is 4.78. The highest BCUT2D eigenvalue weighted by Gasteiger charge is 2.22. The van der Waals surface area contributed by atoms with E-state index in [1.165, 1.54) is 0 Å². The van der Waals surface area contributed by atoms with Crippen LogP contribution in [0.4, 0.5) is 0 Å². The first-order chi connectivity index (χ1) is 13.0. The Bertz CT molecular complexity index is 580. The van der Waals surface area contributed by atoms with Crippen molar-refractivity contribution in [3.05, 3.63) is 23.8 Å². The van der Waals surface area contributed by atoms with Crippen molar-refractivity contribution in [1.82, 2.24) is 10.6 Å². The van der Waals surface area contributed by atoms with Gasteiger partial charge in [0.15, 0.2) is 17.5 Å². The number of halogens is 1. The molecule has 0 aromatic heterocycles. The molecule has 1 aromatic rings. The standard InChI is InChI=1S/C21H37N3O3.HI/c1-7-22-20(23-13-9-10-14-27-8-2)24-16-21(3,4)17-11-12-18(25-5)19(15-17)26-6;/h11-12,15H,7-10,13-14,16H2,1-6H3,(H2,22,23,24);1H.